The summed E-state index contributed by atoms with van der Waals surface area (Å²) in [5.74, 6) is 0.901. The van der Waals surface area contributed by atoms with E-state index in [4.69, 9.17) is 4.74 Å². The molecular formula is C24H27N3O4S. The maximum Gasteiger partial charge on any atom is 0.323 e. The minimum Gasteiger partial charge on any atom is -0.437 e. The molecule has 0 bridgehead atoms. The fraction of sp³-hybridized carbons (Fsp3) is 0.250. The van der Waals surface area contributed by atoms with Crippen molar-refractivity contribution in [2.75, 3.05) is 16.9 Å². The van der Waals surface area contributed by atoms with E-state index >= 15 is 0 Å². The average Bonchev–Trinajstić information content (AvgIpc) is 2.69. The average molecular weight is 454 g/mol. The molecule has 0 fully saturated rings. The maximum absolute atomic E-state index is 12.5. The molecule has 0 aliphatic rings. The van der Waals surface area contributed by atoms with Crippen LogP contribution in [0.2, 0.25) is 0 Å². The van der Waals surface area contributed by atoms with Gasteiger partial charge >= 0.3 is 6.03 Å². The Hall–Kier alpha value is -3.39. The van der Waals surface area contributed by atoms with Crippen molar-refractivity contribution in [3.8, 4) is 11.6 Å². The summed E-state index contributed by atoms with van der Waals surface area (Å²) in [6.45, 7) is 6.30. The molecule has 168 valence electrons. The van der Waals surface area contributed by atoms with Gasteiger partial charge in [-0.1, -0.05) is 51.1 Å². The number of carbonyl (C=O) groups is 1. The molecule has 0 aliphatic heterocycles. The summed E-state index contributed by atoms with van der Waals surface area (Å²) < 4.78 is 28.9. The summed E-state index contributed by atoms with van der Waals surface area (Å²) in [5.41, 5.74) is 2.50. The minimum absolute atomic E-state index is 0.0497. The monoisotopic (exact) mass is 453 g/mol. The van der Waals surface area contributed by atoms with Crippen LogP contribution in [0.25, 0.3) is 0 Å². The second-order valence-electron chi connectivity index (χ2n) is 8.55. The normalized spacial score (nSPS) is 11.6. The highest BCUT2D eigenvalue weighted by molar-refractivity contribution is 7.89. The summed E-state index contributed by atoms with van der Waals surface area (Å²) in [6, 6.07) is 17.3. The lowest BCUT2D eigenvalue weighted by atomic mass is 9.86. The second-order valence-corrected chi connectivity index (χ2v) is 10.7. The van der Waals surface area contributed by atoms with Gasteiger partial charge in [-0.3, -0.25) is 0 Å². The lowest BCUT2D eigenvalue weighted by Gasteiger charge is -2.22. The topological polar surface area (TPSA) is 97.4 Å². The van der Waals surface area contributed by atoms with E-state index in [-0.39, 0.29) is 17.0 Å². The van der Waals surface area contributed by atoms with Crippen LogP contribution in [0.5, 0.6) is 11.6 Å². The molecule has 32 heavy (non-hydrogen) atoms. The molecular weight excluding hydrogens is 426 g/mol. The molecule has 1 heterocycles. The molecule has 3 aromatic rings. The molecule has 2 N–H and O–H groups in total. The van der Waals surface area contributed by atoms with Crippen LogP contribution in [-0.4, -0.2) is 25.7 Å². The van der Waals surface area contributed by atoms with Gasteiger partial charge in [0.25, 0.3) is 0 Å². The standard InChI is InChI=1S/C24H27N3O4S/c1-24(2,3)19-8-5-6-10-21(19)31-22-20(9-7-15-25-22)27-23(28)26-18-13-11-17(12-14-18)16-32(4,29)30/h5-15H,16H2,1-4H3,(H2,26,27,28). The van der Waals surface area contributed by atoms with E-state index in [9.17, 15) is 13.2 Å². The number of para-hydroxylation sites is 1. The smallest absolute Gasteiger partial charge is 0.323 e. The molecule has 1 aromatic heterocycles. The molecule has 0 unspecified atom stereocenters. The number of hydrogen-bond acceptors (Lipinski definition) is 5. The number of nitrogens with one attached hydrogen (secondary N) is 2. The molecule has 0 saturated heterocycles. The quantitative estimate of drug-likeness (QED) is 0.524. The summed E-state index contributed by atoms with van der Waals surface area (Å²) >= 11 is 0. The lowest BCUT2D eigenvalue weighted by molar-refractivity contribution is 0.262. The number of sulfone groups is 1. The van der Waals surface area contributed by atoms with E-state index < -0.39 is 15.9 Å². The third-order valence-electron chi connectivity index (χ3n) is 4.56. The molecule has 2 amide bonds. The highest BCUT2D eigenvalue weighted by atomic mass is 32.2. The first-order valence-corrected chi connectivity index (χ1v) is 12.1. The molecule has 0 radical (unpaired) electrons. The number of rotatable bonds is 6. The molecule has 3 rings (SSSR count). The Bertz CT molecular complexity index is 1200. The van der Waals surface area contributed by atoms with Gasteiger partial charge in [-0.15, -0.1) is 0 Å². The molecule has 7 nitrogen and oxygen atoms in total. The van der Waals surface area contributed by atoms with Crippen molar-refractivity contribution in [2.45, 2.75) is 31.9 Å². The number of aromatic nitrogens is 1. The SMILES string of the molecule is CC(C)(C)c1ccccc1Oc1ncccc1NC(=O)Nc1ccc(CS(C)(=O)=O)cc1. The molecule has 0 spiro atoms. The Kier molecular flexibility index (Phi) is 6.84. The molecule has 2 aromatic carbocycles. The number of urea groups is 1. The van der Waals surface area contributed by atoms with Gasteiger partial charge in [0.15, 0.2) is 9.84 Å². The van der Waals surface area contributed by atoms with Crippen molar-refractivity contribution in [3.05, 3.63) is 78.0 Å². The van der Waals surface area contributed by atoms with Crippen LogP contribution in [0.15, 0.2) is 66.9 Å². The molecule has 8 heteroatoms. The zero-order chi connectivity index (χ0) is 23.4. The summed E-state index contributed by atoms with van der Waals surface area (Å²) in [6.07, 6.45) is 2.78. The Morgan fingerprint density at radius 1 is 0.969 bits per heavy atom. The highest BCUT2D eigenvalue weighted by Gasteiger charge is 2.20. The Morgan fingerprint density at radius 2 is 1.66 bits per heavy atom. The molecule has 0 atom stereocenters. The number of hydrogen-bond donors (Lipinski definition) is 2. The van der Waals surface area contributed by atoms with Crippen LogP contribution in [0, 0.1) is 0 Å². The summed E-state index contributed by atoms with van der Waals surface area (Å²) in [4.78, 5) is 16.8. The van der Waals surface area contributed by atoms with E-state index in [2.05, 4.69) is 36.4 Å². The molecule has 0 saturated carbocycles. The van der Waals surface area contributed by atoms with Crippen LogP contribution in [0.1, 0.15) is 31.9 Å². The van der Waals surface area contributed by atoms with Gasteiger partial charge in [0, 0.05) is 23.7 Å². The highest BCUT2D eigenvalue weighted by Crippen LogP contribution is 2.35. The van der Waals surface area contributed by atoms with E-state index in [1.807, 2.05) is 24.3 Å². The summed E-state index contributed by atoms with van der Waals surface area (Å²) in [5, 5.41) is 5.48. The fourth-order valence-electron chi connectivity index (χ4n) is 3.12. The number of carbonyl (C=O) groups excluding carboxylic acids is 1. The van der Waals surface area contributed by atoms with Crippen molar-refractivity contribution in [3.63, 3.8) is 0 Å². The van der Waals surface area contributed by atoms with Gasteiger partial charge in [-0.25, -0.2) is 18.2 Å². The summed E-state index contributed by atoms with van der Waals surface area (Å²) in [7, 11) is -3.12. The van der Waals surface area contributed by atoms with Crippen molar-refractivity contribution >= 4 is 27.2 Å². The van der Waals surface area contributed by atoms with Crippen molar-refractivity contribution in [1.29, 1.82) is 0 Å². The van der Waals surface area contributed by atoms with Crippen LogP contribution >= 0.6 is 0 Å². The Balaban J connectivity index is 1.72. The van der Waals surface area contributed by atoms with E-state index in [0.29, 0.717) is 22.7 Å². The second kappa shape index (κ2) is 9.40. The van der Waals surface area contributed by atoms with E-state index in [1.54, 1.807) is 42.6 Å². The van der Waals surface area contributed by atoms with Crippen LogP contribution in [0.3, 0.4) is 0 Å². The predicted octanol–water partition coefficient (Wildman–Crippen LogP) is 5.36. The fourth-order valence-corrected chi connectivity index (χ4v) is 3.92. The predicted molar refractivity (Wildman–Crippen MR) is 127 cm³/mol. The first-order valence-electron chi connectivity index (χ1n) is 10.1. The zero-order valence-electron chi connectivity index (χ0n) is 18.5. The first kappa shape index (κ1) is 23.3. The zero-order valence-corrected chi connectivity index (χ0v) is 19.4. The number of benzene rings is 2. The first-order chi connectivity index (χ1) is 15.0. The van der Waals surface area contributed by atoms with Gasteiger partial charge in [0.2, 0.25) is 5.88 Å². The number of anilines is 2. The number of ether oxygens (including phenoxy) is 1. The van der Waals surface area contributed by atoms with Gasteiger partial charge in [-0.2, -0.15) is 0 Å². The third-order valence-corrected chi connectivity index (χ3v) is 5.42. The van der Waals surface area contributed by atoms with Crippen LogP contribution < -0.4 is 15.4 Å². The van der Waals surface area contributed by atoms with Gasteiger partial charge in [0.1, 0.15) is 11.4 Å². The molecule has 0 aliphatic carbocycles. The number of amides is 2. The van der Waals surface area contributed by atoms with E-state index in [1.165, 1.54) is 6.26 Å². The maximum atomic E-state index is 12.5. The largest absolute Gasteiger partial charge is 0.437 e. The van der Waals surface area contributed by atoms with Crippen molar-refractivity contribution in [2.24, 2.45) is 0 Å². The lowest BCUT2D eigenvalue weighted by Crippen LogP contribution is -2.20. The number of pyridine rings is 1. The Labute approximate surface area is 188 Å². The van der Waals surface area contributed by atoms with Gasteiger partial charge in [-0.05, 0) is 41.3 Å². The minimum atomic E-state index is -3.12. The Morgan fingerprint density at radius 3 is 2.31 bits per heavy atom. The van der Waals surface area contributed by atoms with Gasteiger partial charge in [0.05, 0.1) is 5.75 Å². The van der Waals surface area contributed by atoms with Crippen LogP contribution in [0.4, 0.5) is 16.2 Å². The van der Waals surface area contributed by atoms with E-state index in [0.717, 1.165) is 5.56 Å². The van der Waals surface area contributed by atoms with Crippen molar-refractivity contribution < 1.29 is 17.9 Å². The van der Waals surface area contributed by atoms with Crippen molar-refractivity contribution in [1.82, 2.24) is 4.98 Å². The third kappa shape index (κ3) is 6.55. The number of nitrogens with zero attached hydrogens (tertiary/aromatic N) is 1. The van der Waals surface area contributed by atoms with Gasteiger partial charge < -0.3 is 15.4 Å². The van der Waals surface area contributed by atoms with Crippen LogP contribution in [-0.2, 0) is 21.0 Å².